The summed E-state index contributed by atoms with van der Waals surface area (Å²) >= 11 is 5.82. The van der Waals surface area contributed by atoms with Crippen LogP contribution in [0.3, 0.4) is 0 Å². The molecule has 0 radical (unpaired) electrons. The molecule has 2 N–H and O–H groups in total. The Bertz CT molecular complexity index is 545. The van der Waals surface area contributed by atoms with E-state index in [2.05, 4.69) is 0 Å². The standard InChI is InChI=1S/C10H13ClN2O4S/c11-10-6-9(13(14)15)3-2-8(10)7-18(16,17)5-1-4-12/h2-3,6H,1,4-5,7,12H2. The normalized spacial score (nSPS) is 11.4. The van der Waals surface area contributed by atoms with Gasteiger partial charge >= 0.3 is 0 Å². The molecule has 0 aromatic heterocycles. The predicted molar refractivity (Wildman–Crippen MR) is 69.3 cm³/mol. The Kier molecular flexibility index (Phi) is 5.06. The summed E-state index contributed by atoms with van der Waals surface area (Å²) in [4.78, 5) is 9.92. The molecule has 0 aliphatic carbocycles. The first-order valence-electron chi connectivity index (χ1n) is 5.19. The van der Waals surface area contributed by atoms with Crippen LogP contribution in [0.2, 0.25) is 5.02 Å². The molecule has 0 spiro atoms. The second-order valence-electron chi connectivity index (χ2n) is 3.77. The maximum atomic E-state index is 11.7. The Hall–Kier alpha value is -1.18. The quantitative estimate of drug-likeness (QED) is 0.632. The molecule has 0 saturated carbocycles. The van der Waals surface area contributed by atoms with Crippen LogP contribution in [0.1, 0.15) is 12.0 Å². The smallest absolute Gasteiger partial charge is 0.270 e. The molecule has 0 saturated heterocycles. The van der Waals surface area contributed by atoms with Gasteiger partial charge in [-0.1, -0.05) is 11.6 Å². The highest BCUT2D eigenvalue weighted by atomic mass is 35.5. The minimum absolute atomic E-state index is 0.0170. The van der Waals surface area contributed by atoms with Crippen LogP contribution in [0.25, 0.3) is 0 Å². The molecule has 0 aliphatic heterocycles. The van der Waals surface area contributed by atoms with E-state index in [-0.39, 0.29) is 22.2 Å². The van der Waals surface area contributed by atoms with Crippen LogP contribution in [-0.4, -0.2) is 25.6 Å². The van der Waals surface area contributed by atoms with Gasteiger partial charge in [0.05, 0.1) is 21.5 Å². The minimum Gasteiger partial charge on any atom is -0.330 e. The monoisotopic (exact) mass is 292 g/mol. The summed E-state index contributed by atoms with van der Waals surface area (Å²) in [6.45, 7) is 0.299. The number of nitrogens with zero attached hydrogens (tertiary/aromatic N) is 1. The van der Waals surface area contributed by atoms with E-state index in [0.717, 1.165) is 6.07 Å². The largest absolute Gasteiger partial charge is 0.330 e. The molecule has 0 unspecified atom stereocenters. The first-order valence-corrected chi connectivity index (χ1v) is 7.39. The van der Waals surface area contributed by atoms with Gasteiger partial charge in [-0.3, -0.25) is 10.1 Å². The number of halogens is 1. The second-order valence-corrected chi connectivity index (χ2v) is 6.36. The van der Waals surface area contributed by atoms with Crippen LogP contribution in [0.4, 0.5) is 5.69 Å². The third-order valence-corrected chi connectivity index (χ3v) is 4.30. The minimum atomic E-state index is -3.29. The van der Waals surface area contributed by atoms with Crippen molar-refractivity contribution in [1.29, 1.82) is 0 Å². The van der Waals surface area contributed by atoms with Crippen molar-refractivity contribution in [1.82, 2.24) is 0 Å². The third-order valence-electron chi connectivity index (χ3n) is 2.28. The molecule has 6 nitrogen and oxygen atoms in total. The first kappa shape index (κ1) is 14.9. The van der Waals surface area contributed by atoms with Crippen molar-refractivity contribution in [2.24, 2.45) is 5.73 Å². The van der Waals surface area contributed by atoms with Gasteiger partial charge < -0.3 is 5.73 Å². The Balaban J connectivity index is 2.89. The van der Waals surface area contributed by atoms with Crippen molar-refractivity contribution in [3.63, 3.8) is 0 Å². The van der Waals surface area contributed by atoms with Crippen LogP contribution in [0, 0.1) is 10.1 Å². The third kappa shape index (κ3) is 4.25. The molecule has 1 rings (SSSR count). The van der Waals surface area contributed by atoms with Gasteiger partial charge in [-0.2, -0.15) is 0 Å². The summed E-state index contributed by atoms with van der Waals surface area (Å²) in [7, 11) is -3.29. The molecule has 0 aliphatic rings. The zero-order chi connectivity index (χ0) is 13.8. The Morgan fingerprint density at radius 2 is 2.06 bits per heavy atom. The lowest BCUT2D eigenvalue weighted by atomic mass is 10.2. The summed E-state index contributed by atoms with van der Waals surface area (Å²) in [5, 5.41) is 10.6. The topological polar surface area (TPSA) is 103 Å². The van der Waals surface area contributed by atoms with Gasteiger partial charge in [0.15, 0.2) is 9.84 Å². The van der Waals surface area contributed by atoms with E-state index >= 15 is 0 Å². The number of nitro groups is 1. The zero-order valence-corrected chi connectivity index (χ0v) is 11.1. The number of rotatable bonds is 6. The van der Waals surface area contributed by atoms with Crippen LogP contribution in [0.5, 0.6) is 0 Å². The van der Waals surface area contributed by atoms with Crippen molar-refractivity contribution in [2.75, 3.05) is 12.3 Å². The molecule has 1 aromatic carbocycles. The molecule has 0 bridgehead atoms. The highest BCUT2D eigenvalue weighted by molar-refractivity contribution is 7.90. The van der Waals surface area contributed by atoms with Crippen LogP contribution < -0.4 is 5.73 Å². The molecule has 18 heavy (non-hydrogen) atoms. The second kappa shape index (κ2) is 6.12. The van der Waals surface area contributed by atoms with Crippen molar-refractivity contribution in [3.8, 4) is 0 Å². The average molecular weight is 293 g/mol. The van der Waals surface area contributed by atoms with Gasteiger partial charge in [0.25, 0.3) is 5.69 Å². The van der Waals surface area contributed by atoms with Gasteiger partial charge in [0.2, 0.25) is 0 Å². The van der Waals surface area contributed by atoms with Crippen LogP contribution >= 0.6 is 11.6 Å². The van der Waals surface area contributed by atoms with E-state index in [1.807, 2.05) is 0 Å². The maximum absolute atomic E-state index is 11.7. The van der Waals surface area contributed by atoms with E-state index < -0.39 is 14.8 Å². The molecular weight excluding hydrogens is 280 g/mol. The van der Waals surface area contributed by atoms with E-state index in [4.69, 9.17) is 17.3 Å². The van der Waals surface area contributed by atoms with Crippen molar-refractivity contribution in [2.45, 2.75) is 12.2 Å². The molecule has 0 fully saturated rings. The summed E-state index contributed by atoms with van der Waals surface area (Å²) in [6.07, 6.45) is 0.382. The lowest BCUT2D eigenvalue weighted by molar-refractivity contribution is -0.384. The van der Waals surface area contributed by atoms with Crippen molar-refractivity contribution in [3.05, 3.63) is 38.9 Å². The van der Waals surface area contributed by atoms with Crippen LogP contribution in [0.15, 0.2) is 18.2 Å². The molecule has 0 amide bonds. The number of benzene rings is 1. The Labute approximate surface area is 110 Å². The highest BCUT2D eigenvalue weighted by Gasteiger charge is 2.16. The Morgan fingerprint density at radius 3 is 2.56 bits per heavy atom. The fourth-order valence-electron chi connectivity index (χ4n) is 1.38. The van der Waals surface area contributed by atoms with Crippen molar-refractivity contribution < 1.29 is 13.3 Å². The number of nitro benzene ring substituents is 1. The van der Waals surface area contributed by atoms with E-state index in [9.17, 15) is 18.5 Å². The summed E-state index contributed by atoms with van der Waals surface area (Å²) < 4.78 is 23.4. The molecular formula is C10H13ClN2O4S. The van der Waals surface area contributed by atoms with Gasteiger partial charge in [0.1, 0.15) is 0 Å². The maximum Gasteiger partial charge on any atom is 0.270 e. The highest BCUT2D eigenvalue weighted by Crippen LogP contribution is 2.24. The number of hydrogen-bond acceptors (Lipinski definition) is 5. The number of non-ortho nitro benzene ring substituents is 1. The fourth-order valence-corrected chi connectivity index (χ4v) is 3.18. The average Bonchev–Trinajstić information content (AvgIpc) is 2.29. The first-order chi connectivity index (χ1) is 8.35. The van der Waals surface area contributed by atoms with E-state index in [1.165, 1.54) is 12.1 Å². The van der Waals surface area contributed by atoms with Gasteiger partial charge in [-0.05, 0) is 24.6 Å². The number of hydrogen-bond donors (Lipinski definition) is 1. The summed E-state index contributed by atoms with van der Waals surface area (Å²) in [5.74, 6) is -0.249. The number of nitrogens with two attached hydrogens (primary N) is 1. The predicted octanol–water partition coefficient (Wildman–Crippen LogP) is 1.51. The zero-order valence-electron chi connectivity index (χ0n) is 9.50. The SMILES string of the molecule is NCCCS(=O)(=O)Cc1ccc([N+](=O)[O-])cc1Cl. The molecule has 0 atom stereocenters. The fraction of sp³-hybridized carbons (Fsp3) is 0.400. The Morgan fingerprint density at radius 1 is 1.39 bits per heavy atom. The van der Waals surface area contributed by atoms with E-state index in [0.29, 0.717) is 18.5 Å². The van der Waals surface area contributed by atoms with Gasteiger partial charge in [-0.15, -0.1) is 0 Å². The van der Waals surface area contributed by atoms with Gasteiger partial charge in [-0.25, -0.2) is 8.42 Å². The molecule has 8 heteroatoms. The summed E-state index contributed by atoms with van der Waals surface area (Å²) in [5.41, 5.74) is 5.44. The lowest BCUT2D eigenvalue weighted by Crippen LogP contribution is -2.13. The van der Waals surface area contributed by atoms with Gasteiger partial charge in [0, 0.05) is 12.1 Å². The lowest BCUT2D eigenvalue weighted by Gasteiger charge is -2.05. The van der Waals surface area contributed by atoms with Crippen molar-refractivity contribution >= 4 is 27.1 Å². The van der Waals surface area contributed by atoms with Crippen LogP contribution in [-0.2, 0) is 15.6 Å². The number of sulfone groups is 1. The molecule has 0 heterocycles. The van der Waals surface area contributed by atoms with E-state index in [1.54, 1.807) is 0 Å². The summed E-state index contributed by atoms with van der Waals surface area (Å²) in [6, 6.07) is 3.75. The molecule has 100 valence electrons. The molecule has 1 aromatic rings.